The van der Waals surface area contributed by atoms with Crippen molar-refractivity contribution in [3.05, 3.63) is 49.0 Å². The van der Waals surface area contributed by atoms with E-state index < -0.39 is 0 Å². The number of aromatic nitrogens is 1. The highest BCUT2D eigenvalue weighted by molar-refractivity contribution is 5.88. The summed E-state index contributed by atoms with van der Waals surface area (Å²) in [5.41, 5.74) is 2.42. The van der Waals surface area contributed by atoms with E-state index in [1.807, 2.05) is 12.3 Å². The van der Waals surface area contributed by atoms with Crippen molar-refractivity contribution in [2.75, 3.05) is 0 Å². The predicted molar refractivity (Wildman–Crippen MR) is 57.3 cm³/mol. The molecule has 1 N–H and O–H groups in total. The van der Waals surface area contributed by atoms with Crippen LogP contribution >= 0.6 is 0 Å². The van der Waals surface area contributed by atoms with Gasteiger partial charge in [0.25, 0.3) is 0 Å². The van der Waals surface area contributed by atoms with E-state index >= 15 is 0 Å². The molecular formula is C12H12N. The summed E-state index contributed by atoms with van der Waals surface area (Å²) in [5.74, 6) is 0. The number of hydrogen-bond acceptors (Lipinski definition) is 0. The maximum atomic E-state index is 3.77. The number of rotatable bonds is 2. The van der Waals surface area contributed by atoms with Crippen LogP contribution in [0.3, 0.4) is 0 Å². The molecule has 0 bridgehead atoms. The lowest BCUT2D eigenvalue weighted by Crippen LogP contribution is -1.67. The Morgan fingerprint density at radius 2 is 2.15 bits per heavy atom. The first kappa shape index (κ1) is 8.11. The summed E-state index contributed by atoms with van der Waals surface area (Å²) in [6.45, 7) is 3.77. The highest BCUT2D eigenvalue weighted by Crippen LogP contribution is 2.18. The Labute approximate surface area is 78.1 Å². The molecule has 0 atom stereocenters. The van der Waals surface area contributed by atoms with E-state index in [4.69, 9.17) is 0 Å². The van der Waals surface area contributed by atoms with Gasteiger partial charge < -0.3 is 4.98 Å². The second kappa shape index (κ2) is 3.48. The molecule has 65 valence electrons. The molecule has 0 saturated heterocycles. The average molecular weight is 170 g/mol. The summed E-state index contributed by atoms with van der Waals surface area (Å²) in [5, 5.41) is 1.27. The number of benzene rings is 1. The average Bonchev–Trinajstić information content (AvgIpc) is 2.58. The molecule has 1 aromatic heterocycles. The number of para-hydroxylation sites is 1. The SMILES string of the molecule is [CH2]CC=Cc1c[nH]c2ccccc12. The minimum atomic E-state index is 0.833. The molecule has 1 heteroatoms. The molecule has 0 fully saturated rings. The molecule has 0 unspecified atom stereocenters. The van der Waals surface area contributed by atoms with Crippen LogP contribution in [0.1, 0.15) is 12.0 Å². The van der Waals surface area contributed by atoms with Gasteiger partial charge in [-0.3, -0.25) is 0 Å². The molecule has 0 aliphatic heterocycles. The zero-order valence-corrected chi connectivity index (χ0v) is 7.46. The van der Waals surface area contributed by atoms with Gasteiger partial charge >= 0.3 is 0 Å². The topological polar surface area (TPSA) is 15.8 Å². The molecule has 1 radical (unpaired) electrons. The smallest absolute Gasteiger partial charge is 0.0460 e. The van der Waals surface area contributed by atoms with Crippen LogP contribution in [0.15, 0.2) is 36.5 Å². The minimum Gasteiger partial charge on any atom is -0.361 e. The Bertz CT molecular complexity index is 423. The second-order valence-corrected chi connectivity index (χ2v) is 2.98. The van der Waals surface area contributed by atoms with Crippen LogP contribution in [0.4, 0.5) is 0 Å². The lowest BCUT2D eigenvalue weighted by atomic mass is 10.1. The number of hydrogen-bond donors (Lipinski definition) is 1. The number of nitrogens with one attached hydrogen (secondary N) is 1. The van der Waals surface area contributed by atoms with E-state index in [1.165, 1.54) is 16.5 Å². The summed E-state index contributed by atoms with van der Waals surface area (Å²) in [6.07, 6.45) is 7.03. The minimum absolute atomic E-state index is 0.833. The Hall–Kier alpha value is -1.50. The standard InChI is InChI=1S/C12H12N/c1-2-3-6-10-9-13-12-8-5-4-7-11(10)12/h3-9,13H,1-2H2. The molecule has 0 amide bonds. The highest BCUT2D eigenvalue weighted by Gasteiger charge is 1.97. The third kappa shape index (κ3) is 1.50. The summed E-state index contributed by atoms with van der Waals surface area (Å²) >= 11 is 0. The zero-order chi connectivity index (χ0) is 9.10. The number of allylic oxidation sites excluding steroid dienone is 1. The van der Waals surface area contributed by atoms with Gasteiger partial charge in [-0.05, 0) is 25.0 Å². The van der Waals surface area contributed by atoms with Crippen molar-refractivity contribution in [1.82, 2.24) is 4.98 Å². The first-order valence-electron chi connectivity index (χ1n) is 4.43. The van der Waals surface area contributed by atoms with Crippen LogP contribution < -0.4 is 0 Å². The molecule has 0 aliphatic rings. The number of aromatic amines is 1. The maximum absolute atomic E-state index is 3.77. The maximum Gasteiger partial charge on any atom is 0.0460 e. The van der Waals surface area contributed by atoms with Crippen molar-refractivity contribution >= 4 is 17.0 Å². The van der Waals surface area contributed by atoms with Gasteiger partial charge in [-0.1, -0.05) is 30.4 Å². The van der Waals surface area contributed by atoms with Crippen molar-refractivity contribution in [3.8, 4) is 0 Å². The first-order valence-corrected chi connectivity index (χ1v) is 4.43. The molecule has 2 aromatic rings. The Balaban J connectivity index is 2.52. The van der Waals surface area contributed by atoms with Crippen LogP contribution in [-0.2, 0) is 0 Å². The normalized spacial score (nSPS) is 11.5. The molecule has 2 rings (SSSR count). The van der Waals surface area contributed by atoms with Crippen molar-refractivity contribution in [2.24, 2.45) is 0 Å². The molecule has 13 heavy (non-hydrogen) atoms. The van der Waals surface area contributed by atoms with Gasteiger partial charge in [-0.15, -0.1) is 0 Å². The fourth-order valence-electron chi connectivity index (χ4n) is 1.44. The molecule has 0 saturated carbocycles. The van der Waals surface area contributed by atoms with E-state index in [9.17, 15) is 0 Å². The van der Waals surface area contributed by atoms with E-state index in [2.05, 4.69) is 42.3 Å². The molecule has 0 aliphatic carbocycles. The lowest BCUT2D eigenvalue weighted by Gasteiger charge is -1.89. The van der Waals surface area contributed by atoms with E-state index in [1.54, 1.807) is 0 Å². The van der Waals surface area contributed by atoms with Gasteiger partial charge in [-0.2, -0.15) is 0 Å². The number of H-pyrrole nitrogens is 1. The second-order valence-electron chi connectivity index (χ2n) is 2.98. The Morgan fingerprint density at radius 3 is 3.00 bits per heavy atom. The number of fused-ring (bicyclic) bond motifs is 1. The quantitative estimate of drug-likeness (QED) is 0.711. The van der Waals surface area contributed by atoms with E-state index in [0.29, 0.717) is 0 Å². The first-order chi connectivity index (χ1) is 6.42. The molecule has 1 heterocycles. The van der Waals surface area contributed by atoms with E-state index in [0.717, 1.165) is 6.42 Å². The van der Waals surface area contributed by atoms with Crippen molar-refractivity contribution in [2.45, 2.75) is 6.42 Å². The van der Waals surface area contributed by atoms with Gasteiger partial charge in [0.1, 0.15) is 0 Å². The fourth-order valence-corrected chi connectivity index (χ4v) is 1.44. The van der Waals surface area contributed by atoms with Crippen molar-refractivity contribution in [3.63, 3.8) is 0 Å². The lowest BCUT2D eigenvalue weighted by molar-refractivity contribution is 1.41. The van der Waals surface area contributed by atoms with E-state index in [-0.39, 0.29) is 0 Å². The summed E-state index contributed by atoms with van der Waals surface area (Å²) < 4.78 is 0. The predicted octanol–water partition coefficient (Wildman–Crippen LogP) is 3.41. The Kier molecular flexibility index (Phi) is 2.17. The molecule has 1 nitrogen and oxygen atoms in total. The van der Waals surface area contributed by atoms with Gasteiger partial charge in [-0.25, -0.2) is 0 Å². The van der Waals surface area contributed by atoms with Gasteiger partial charge in [0.15, 0.2) is 0 Å². The van der Waals surface area contributed by atoms with Crippen LogP contribution in [-0.4, -0.2) is 4.98 Å². The summed E-state index contributed by atoms with van der Waals surface area (Å²) in [6, 6.07) is 8.29. The van der Waals surface area contributed by atoms with Crippen molar-refractivity contribution < 1.29 is 0 Å². The van der Waals surface area contributed by atoms with Crippen LogP contribution in [0.25, 0.3) is 17.0 Å². The van der Waals surface area contributed by atoms with Crippen LogP contribution in [0.2, 0.25) is 0 Å². The molecule has 0 spiro atoms. The zero-order valence-electron chi connectivity index (χ0n) is 7.46. The monoisotopic (exact) mass is 170 g/mol. The van der Waals surface area contributed by atoms with Crippen LogP contribution in [0.5, 0.6) is 0 Å². The van der Waals surface area contributed by atoms with Gasteiger partial charge in [0.2, 0.25) is 0 Å². The molecular weight excluding hydrogens is 158 g/mol. The third-order valence-electron chi connectivity index (χ3n) is 2.09. The van der Waals surface area contributed by atoms with Gasteiger partial charge in [0, 0.05) is 17.1 Å². The largest absolute Gasteiger partial charge is 0.361 e. The fraction of sp³-hybridized carbons (Fsp3) is 0.0833. The van der Waals surface area contributed by atoms with Crippen molar-refractivity contribution in [1.29, 1.82) is 0 Å². The summed E-state index contributed by atoms with van der Waals surface area (Å²) in [7, 11) is 0. The van der Waals surface area contributed by atoms with Crippen LogP contribution in [0, 0.1) is 6.92 Å². The molecule has 1 aromatic carbocycles. The summed E-state index contributed by atoms with van der Waals surface area (Å²) in [4.78, 5) is 3.23. The Morgan fingerprint density at radius 1 is 1.31 bits per heavy atom. The van der Waals surface area contributed by atoms with Gasteiger partial charge in [0.05, 0.1) is 0 Å². The third-order valence-corrected chi connectivity index (χ3v) is 2.09. The highest BCUT2D eigenvalue weighted by atomic mass is 14.7.